The number of amides is 1. The Balaban J connectivity index is 1.79. The number of carbonyl (C=O) groups is 1. The van der Waals surface area contributed by atoms with Gasteiger partial charge in [0.15, 0.2) is 0 Å². The van der Waals surface area contributed by atoms with Crippen LogP contribution in [0, 0.1) is 6.92 Å². The number of hydrogen-bond acceptors (Lipinski definition) is 4. The molecular formula is C22H23N3O3S. The van der Waals surface area contributed by atoms with E-state index in [-0.39, 0.29) is 10.8 Å². The van der Waals surface area contributed by atoms with Crippen LogP contribution in [0.25, 0.3) is 0 Å². The fourth-order valence-electron chi connectivity index (χ4n) is 2.73. The molecule has 0 saturated carbocycles. The molecule has 0 aromatic heterocycles. The first kappa shape index (κ1) is 20.4. The van der Waals surface area contributed by atoms with Crippen molar-refractivity contribution >= 4 is 33.0 Å². The minimum atomic E-state index is -3.71. The van der Waals surface area contributed by atoms with E-state index in [2.05, 4.69) is 10.0 Å². The number of anilines is 3. The Labute approximate surface area is 171 Å². The first-order valence-corrected chi connectivity index (χ1v) is 10.5. The number of rotatable bonds is 6. The van der Waals surface area contributed by atoms with Crippen molar-refractivity contribution in [3.63, 3.8) is 0 Å². The zero-order valence-electron chi connectivity index (χ0n) is 16.5. The third-order valence-corrected chi connectivity index (χ3v) is 5.82. The number of carbonyl (C=O) groups excluding carboxylic acids is 1. The lowest BCUT2D eigenvalue weighted by Gasteiger charge is -2.14. The Morgan fingerprint density at radius 2 is 1.55 bits per heavy atom. The molecule has 29 heavy (non-hydrogen) atoms. The summed E-state index contributed by atoms with van der Waals surface area (Å²) in [6, 6.07) is 20.5. The molecule has 0 unspecified atom stereocenters. The van der Waals surface area contributed by atoms with Gasteiger partial charge in [0.05, 0.1) is 10.6 Å². The minimum Gasteiger partial charge on any atom is -0.378 e. The second-order valence-corrected chi connectivity index (χ2v) is 8.53. The van der Waals surface area contributed by atoms with Crippen LogP contribution in [0.15, 0.2) is 77.7 Å². The van der Waals surface area contributed by atoms with Crippen molar-refractivity contribution in [3.8, 4) is 0 Å². The van der Waals surface area contributed by atoms with Gasteiger partial charge in [-0.05, 0) is 61.0 Å². The zero-order valence-corrected chi connectivity index (χ0v) is 17.3. The summed E-state index contributed by atoms with van der Waals surface area (Å²) in [7, 11) is 0.146. The van der Waals surface area contributed by atoms with Crippen LogP contribution in [0.1, 0.15) is 15.9 Å². The van der Waals surface area contributed by atoms with Crippen LogP contribution in [-0.4, -0.2) is 28.4 Å². The van der Waals surface area contributed by atoms with Gasteiger partial charge in [-0.2, -0.15) is 0 Å². The van der Waals surface area contributed by atoms with E-state index in [1.165, 1.54) is 12.1 Å². The quantitative estimate of drug-likeness (QED) is 0.642. The molecule has 0 radical (unpaired) electrons. The Morgan fingerprint density at radius 3 is 2.17 bits per heavy atom. The molecule has 3 aromatic carbocycles. The number of sulfonamides is 1. The highest BCUT2D eigenvalue weighted by atomic mass is 32.2. The molecule has 0 atom stereocenters. The largest absolute Gasteiger partial charge is 0.378 e. The highest BCUT2D eigenvalue weighted by molar-refractivity contribution is 7.92. The molecule has 150 valence electrons. The summed E-state index contributed by atoms with van der Waals surface area (Å²) in [6.45, 7) is 1.80. The second-order valence-electron chi connectivity index (χ2n) is 6.84. The van der Waals surface area contributed by atoms with Crippen molar-refractivity contribution < 1.29 is 13.2 Å². The molecule has 2 N–H and O–H groups in total. The van der Waals surface area contributed by atoms with Crippen LogP contribution in [-0.2, 0) is 10.0 Å². The molecule has 0 bridgehead atoms. The summed E-state index contributed by atoms with van der Waals surface area (Å²) >= 11 is 0. The molecule has 0 saturated heterocycles. The zero-order chi connectivity index (χ0) is 21.0. The smallest absolute Gasteiger partial charge is 0.261 e. The second kappa shape index (κ2) is 8.36. The van der Waals surface area contributed by atoms with Gasteiger partial charge in [-0.15, -0.1) is 0 Å². The van der Waals surface area contributed by atoms with Gasteiger partial charge in [0, 0.05) is 31.0 Å². The lowest BCUT2D eigenvalue weighted by atomic mass is 10.1. The molecule has 0 aliphatic heterocycles. The normalized spacial score (nSPS) is 11.0. The molecule has 0 aliphatic rings. The summed E-state index contributed by atoms with van der Waals surface area (Å²) in [5.41, 5.74) is 3.17. The third kappa shape index (κ3) is 4.94. The Morgan fingerprint density at radius 1 is 0.897 bits per heavy atom. The molecule has 7 heteroatoms. The van der Waals surface area contributed by atoms with E-state index in [9.17, 15) is 13.2 Å². The molecule has 0 spiro atoms. The van der Waals surface area contributed by atoms with Crippen LogP contribution < -0.4 is 14.9 Å². The number of nitrogens with zero attached hydrogens (tertiary/aromatic N) is 1. The lowest BCUT2D eigenvalue weighted by molar-refractivity contribution is 0.102. The maximum absolute atomic E-state index is 12.6. The summed E-state index contributed by atoms with van der Waals surface area (Å²) < 4.78 is 27.8. The topological polar surface area (TPSA) is 78.5 Å². The first-order chi connectivity index (χ1) is 13.8. The maximum Gasteiger partial charge on any atom is 0.261 e. The molecule has 1 amide bonds. The van der Waals surface area contributed by atoms with Gasteiger partial charge in [-0.25, -0.2) is 8.42 Å². The first-order valence-electron chi connectivity index (χ1n) is 9.03. The van der Waals surface area contributed by atoms with Crippen molar-refractivity contribution in [2.24, 2.45) is 0 Å². The number of aryl methyl sites for hydroxylation is 1. The van der Waals surface area contributed by atoms with Gasteiger partial charge < -0.3 is 10.2 Å². The van der Waals surface area contributed by atoms with Gasteiger partial charge in [0.2, 0.25) is 0 Å². The van der Waals surface area contributed by atoms with Gasteiger partial charge in [0.25, 0.3) is 15.9 Å². The van der Waals surface area contributed by atoms with E-state index in [4.69, 9.17) is 0 Å². The van der Waals surface area contributed by atoms with Crippen LogP contribution in [0.5, 0.6) is 0 Å². The van der Waals surface area contributed by atoms with Gasteiger partial charge >= 0.3 is 0 Å². The molecule has 3 rings (SSSR count). The van der Waals surface area contributed by atoms with Crippen LogP contribution in [0.2, 0.25) is 0 Å². The Kier molecular flexibility index (Phi) is 5.89. The van der Waals surface area contributed by atoms with Gasteiger partial charge in [0.1, 0.15) is 0 Å². The fourth-order valence-corrected chi connectivity index (χ4v) is 3.87. The summed E-state index contributed by atoms with van der Waals surface area (Å²) in [5.74, 6) is -0.268. The Hall–Kier alpha value is -3.32. The van der Waals surface area contributed by atoms with E-state index in [0.29, 0.717) is 16.9 Å². The molecule has 3 aromatic rings. The number of nitrogens with one attached hydrogen (secondary N) is 2. The number of benzene rings is 3. The summed E-state index contributed by atoms with van der Waals surface area (Å²) in [4.78, 5) is 14.7. The number of hydrogen-bond donors (Lipinski definition) is 2. The lowest BCUT2D eigenvalue weighted by Crippen LogP contribution is -2.15. The minimum absolute atomic E-state index is 0.176. The highest BCUT2D eigenvalue weighted by Crippen LogP contribution is 2.24. The molecule has 0 aliphatic carbocycles. The van der Waals surface area contributed by atoms with Crippen LogP contribution in [0.3, 0.4) is 0 Å². The van der Waals surface area contributed by atoms with Crippen molar-refractivity contribution in [3.05, 3.63) is 83.9 Å². The predicted molar refractivity (Wildman–Crippen MR) is 117 cm³/mol. The average molecular weight is 410 g/mol. The van der Waals surface area contributed by atoms with Crippen molar-refractivity contribution in [1.82, 2.24) is 0 Å². The van der Waals surface area contributed by atoms with Crippen molar-refractivity contribution in [2.45, 2.75) is 11.8 Å². The molecule has 0 fully saturated rings. The van der Waals surface area contributed by atoms with Crippen molar-refractivity contribution in [2.75, 3.05) is 29.0 Å². The van der Waals surface area contributed by atoms with E-state index < -0.39 is 10.0 Å². The Bertz CT molecular complexity index is 1110. The van der Waals surface area contributed by atoms with Gasteiger partial charge in [-0.1, -0.05) is 24.3 Å². The van der Waals surface area contributed by atoms with Crippen LogP contribution >= 0.6 is 0 Å². The van der Waals surface area contributed by atoms with Crippen molar-refractivity contribution in [1.29, 1.82) is 0 Å². The van der Waals surface area contributed by atoms with E-state index in [0.717, 1.165) is 11.3 Å². The van der Waals surface area contributed by atoms with E-state index >= 15 is 0 Å². The summed E-state index contributed by atoms with van der Waals surface area (Å²) in [5, 5.41) is 2.81. The standard InChI is InChI=1S/C22H23N3O3S/c1-16-9-12-18(23-22(26)17-10-13-19(14-11-17)25(2)3)15-21(16)24-29(27,28)20-7-5-4-6-8-20/h4-15,24H,1-3H3,(H,23,26). The fraction of sp³-hybridized carbons (Fsp3) is 0.136. The monoisotopic (exact) mass is 409 g/mol. The summed E-state index contributed by atoms with van der Waals surface area (Å²) in [6.07, 6.45) is 0. The third-order valence-electron chi connectivity index (χ3n) is 4.44. The predicted octanol–water partition coefficient (Wildman–Crippen LogP) is 4.11. The molecular weight excluding hydrogens is 386 g/mol. The van der Waals surface area contributed by atoms with E-state index in [1.807, 2.05) is 31.1 Å². The molecule has 6 nitrogen and oxygen atoms in total. The molecule has 0 heterocycles. The van der Waals surface area contributed by atoms with Crippen LogP contribution in [0.4, 0.5) is 17.1 Å². The van der Waals surface area contributed by atoms with Gasteiger partial charge in [-0.3, -0.25) is 9.52 Å². The van der Waals surface area contributed by atoms with E-state index in [1.54, 1.807) is 55.5 Å². The average Bonchev–Trinajstić information content (AvgIpc) is 2.71. The SMILES string of the molecule is Cc1ccc(NC(=O)c2ccc(N(C)C)cc2)cc1NS(=O)(=O)c1ccccc1. The highest BCUT2D eigenvalue weighted by Gasteiger charge is 2.15. The maximum atomic E-state index is 12.6.